The molecular weight excluding hydrogens is 271 g/mol. The molecule has 20 heavy (non-hydrogen) atoms. The van der Waals surface area contributed by atoms with Crippen molar-refractivity contribution in [2.45, 2.75) is 53.4 Å². The predicted molar refractivity (Wildman–Crippen MR) is 69.4 cm³/mol. The van der Waals surface area contributed by atoms with Crippen LogP contribution >= 0.6 is 0 Å². The molecule has 1 heterocycles. The SMILES string of the molecule is CCn1nc(C)cc1C(=O)NC(C(C)(C)C)C(F)(F)F. The summed E-state index contributed by atoms with van der Waals surface area (Å²) < 4.78 is 40.5. The van der Waals surface area contributed by atoms with Gasteiger partial charge in [-0.3, -0.25) is 9.48 Å². The van der Waals surface area contributed by atoms with Crippen molar-refractivity contribution in [2.75, 3.05) is 0 Å². The van der Waals surface area contributed by atoms with Crippen molar-refractivity contribution in [3.05, 3.63) is 17.5 Å². The van der Waals surface area contributed by atoms with Gasteiger partial charge in [0.05, 0.1) is 5.69 Å². The van der Waals surface area contributed by atoms with Gasteiger partial charge in [0, 0.05) is 6.54 Å². The molecule has 0 aliphatic heterocycles. The Bertz CT molecular complexity index is 472. The lowest BCUT2D eigenvalue weighted by atomic mass is 9.86. The molecule has 0 radical (unpaired) electrons. The van der Waals surface area contributed by atoms with E-state index in [2.05, 4.69) is 10.4 Å². The van der Waals surface area contributed by atoms with Crippen molar-refractivity contribution >= 4 is 5.91 Å². The molecule has 114 valence electrons. The van der Waals surface area contributed by atoms with Crippen molar-refractivity contribution in [2.24, 2.45) is 5.41 Å². The highest BCUT2D eigenvalue weighted by Gasteiger charge is 2.48. The van der Waals surface area contributed by atoms with Crippen LogP contribution in [-0.4, -0.2) is 27.9 Å². The number of carbonyl (C=O) groups excluding carboxylic acids is 1. The molecule has 0 aliphatic carbocycles. The van der Waals surface area contributed by atoms with E-state index in [1.165, 1.54) is 31.5 Å². The molecule has 7 heteroatoms. The number of aryl methyl sites for hydroxylation is 2. The van der Waals surface area contributed by atoms with Crippen LogP contribution < -0.4 is 5.32 Å². The maximum Gasteiger partial charge on any atom is 0.409 e. The van der Waals surface area contributed by atoms with E-state index in [0.717, 1.165) is 0 Å². The van der Waals surface area contributed by atoms with Crippen LogP contribution in [-0.2, 0) is 6.54 Å². The van der Waals surface area contributed by atoms with E-state index in [1.54, 1.807) is 13.8 Å². The van der Waals surface area contributed by atoms with E-state index < -0.39 is 23.5 Å². The van der Waals surface area contributed by atoms with Gasteiger partial charge in [-0.05, 0) is 25.3 Å². The van der Waals surface area contributed by atoms with Gasteiger partial charge in [0.15, 0.2) is 0 Å². The summed E-state index contributed by atoms with van der Waals surface area (Å²) in [5.74, 6) is -0.760. The summed E-state index contributed by atoms with van der Waals surface area (Å²) >= 11 is 0. The maximum absolute atomic E-state index is 13.0. The zero-order valence-corrected chi connectivity index (χ0v) is 12.3. The molecule has 1 aromatic heterocycles. The Morgan fingerprint density at radius 1 is 1.40 bits per heavy atom. The number of nitrogens with one attached hydrogen (secondary N) is 1. The normalized spacial score (nSPS) is 14.2. The lowest BCUT2D eigenvalue weighted by Crippen LogP contribution is -2.53. The summed E-state index contributed by atoms with van der Waals surface area (Å²) in [5, 5.41) is 6.13. The monoisotopic (exact) mass is 291 g/mol. The molecule has 1 rings (SSSR count). The van der Waals surface area contributed by atoms with E-state index >= 15 is 0 Å². The van der Waals surface area contributed by atoms with Crippen molar-refractivity contribution in [1.82, 2.24) is 15.1 Å². The number of aromatic nitrogens is 2. The van der Waals surface area contributed by atoms with Gasteiger partial charge in [0.1, 0.15) is 11.7 Å². The average Bonchev–Trinajstić information content (AvgIpc) is 2.64. The Labute approximate surface area is 116 Å². The Kier molecular flexibility index (Phi) is 4.51. The van der Waals surface area contributed by atoms with Crippen LogP contribution in [0.4, 0.5) is 13.2 Å². The van der Waals surface area contributed by atoms with Crippen LogP contribution in [0.1, 0.15) is 43.9 Å². The number of carbonyl (C=O) groups is 1. The molecule has 0 saturated carbocycles. The average molecular weight is 291 g/mol. The van der Waals surface area contributed by atoms with Gasteiger partial charge < -0.3 is 5.32 Å². The zero-order valence-electron chi connectivity index (χ0n) is 12.3. The van der Waals surface area contributed by atoms with Crippen molar-refractivity contribution in [3.63, 3.8) is 0 Å². The summed E-state index contributed by atoms with van der Waals surface area (Å²) in [6.45, 7) is 8.19. The molecule has 1 N–H and O–H groups in total. The van der Waals surface area contributed by atoms with E-state index in [0.29, 0.717) is 12.2 Å². The Balaban J connectivity index is 3.03. The quantitative estimate of drug-likeness (QED) is 0.930. The summed E-state index contributed by atoms with van der Waals surface area (Å²) in [6.07, 6.45) is -4.50. The second kappa shape index (κ2) is 5.46. The highest BCUT2D eigenvalue weighted by atomic mass is 19.4. The number of alkyl halides is 3. The van der Waals surface area contributed by atoms with Crippen LogP contribution in [0.25, 0.3) is 0 Å². The fourth-order valence-corrected chi connectivity index (χ4v) is 1.96. The predicted octanol–water partition coefficient (Wildman–Crippen LogP) is 2.92. The first-order chi connectivity index (χ1) is 8.96. The minimum absolute atomic E-state index is 0.142. The Morgan fingerprint density at radius 3 is 2.35 bits per heavy atom. The largest absolute Gasteiger partial charge is 0.409 e. The first-order valence-corrected chi connectivity index (χ1v) is 6.38. The summed E-state index contributed by atoms with van der Waals surface area (Å²) in [5.41, 5.74) is -0.389. The van der Waals surface area contributed by atoms with Crippen LogP contribution in [0.2, 0.25) is 0 Å². The molecule has 1 unspecified atom stereocenters. The molecule has 4 nitrogen and oxygen atoms in total. The highest BCUT2D eigenvalue weighted by Crippen LogP contribution is 2.33. The summed E-state index contributed by atoms with van der Waals surface area (Å²) in [4.78, 5) is 12.1. The fourth-order valence-electron chi connectivity index (χ4n) is 1.96. The fraction of sp³-hybridized carbons (Fsp3) is 0.692. The van der Waals surface area contributed by atoms with E-state index in [1.807, 2.05) is 0 Å². The number of hydrogen-bond donors (Lipinski definition) is 1. The van der Waals surface area contributed by atoms with Crippen LogP contribution in [0, 0.1) is 12.3 Å². The number of rotatable bonds is 3. The molecule has 0 spiro atoms. The number of amides is 1. The smallest absolute Gasteiger partial charge is 0.339 e. The van der Waals surface area contributed by atoms with Crippen LogP contribution in [0.3, 0.4) is 0 Å². The van der Waals surface area contributed by atoms with Gasteiger partial charge in [0.25, 0.3) is 5.91 Å². The molecule has 0 bridgehead atoms. The van der Waals surface area contributed by atoms with Gasteiger partial charge in [-0.25, -0.2) is 0 Å². The minimum Gasteiger partial charge on any atom is -0.339 e. The van der Waals surface area contributed by atoms with Gasteiger partial charge in [-0.2, -0.15) is 18.3 Å². The summed E-state index contributed by atoms with van der Waals surface area (Å²) in [6, 6.07) is -0.433. The topological polar surface area (TPSA) is 46.9 Å². The van der Waals surface area contributed by atoms with Gasteiger partial charge in [-0.15, -0.1) is 0 Å². The first-order valence-electron chi connectivity index (χ1n) is 6.38. The van der Waals surface area contributed by atoms with Gasteiger partial charge >= 0.3 is 6.18 Å². The summed E-state index contributed by atoms with van der Waals surface area (Å²) in [7, 11) is 0. The molecule has 0 saturated heterocycles. The molecule has 0 aliphatic rings. The molecule has 0 aromatic carbocycles. The first kappa shape index (κ1) is 16.5. The van der Waals surface area contributed by atoms with E-state index in [9.17, 15) is 18.0 Å². The molecule has 1 atom stereocenters. The Hall–Kier alpha value is -1.53. The number of nitrogens with zero attached hydrogens (tertiary/aromatic N) is 2. The number of halogens is 3. The molecule has 1 aromatic rings. The third-order valence-corrected chi connectivity index (χ3v) is 2.90. The third kappa shape index (κ3) is 3.74. The van der Waals surface area contributed by atoms with Gasteiger partial charge in [0.2, 0.25) is 0 Å². The lowest BCUT2D eigenvalue weighted by Gasteiger charge is -2.32. The van der Waals surface area contributed by atoms with E-state index in [4.69, 9.17) is 0 Å². The second-order valence-electron chi connectivity index (χ2n) is 5.80. The highest BCUT2D eigenvalue weighted by molar-refractivity contribution is 5.93. The van der Waals surface area contributed by atoms with Crippen molar-refractivity contribution in [1.29, 1.82) is 0 Å². The van der Waals surface area contributed by atoms with Crippen LogP contribution in [0.5, 0.6) is 0 Å². The Morgan fingerprint density at radius 2 is 1.95 bits per heavy atom. The van der Waals surface area contributed by atoms with Crippen molar-refractivity contribution in [3.8, 4) is 0 Å². The molecule has 1 amide bonds. The van der Waals surface area contributed by atoms with Crippen LogP contribution in [0.15, 0.2) is 6.07 Å². The molecule has 0 fully saturated rings. The second-order valence-corrected chi connectivity index (χ2v) is 5.80. The number of hydrogen-bond acceptors (Lipinski definition) is 2. The molecular formula is C13H20F3N3O. The maximum atomic E-state index is 13.0. The lowest BCUT2D eigenvalue weighted by molar-refractivity contribution is -0.174. The van der Waals surface area contributed by atoms with Gasteiger partial charge in [-0.1, -0.05) is 20.8 Å². The van der Waals surface area contributed by atoms with Crippen molar-refractivity contribution < 1.29 is 18.0 Å². The standard InChI is InChI=1S/C13H20F3N3O/c1-6-19-9(7-8(2)18-19)10(20)17-11(12(3,4)5)13(14,15)16/h7,11H,6H2,1-5H3,(H,17,20). The van der Waals surface area contributed by atoms with E-state index in [-0.39, 0.29) is 5.69 Å². The zero-order chi connectivity index (χ0) is 15.7. The third-order valence-electron chi connectivity index (χ3n) is 2.90. The minimum atomic E-state index is -4.50.